The van der Waals surface area contributed by atoms with E-state index in [-0.39, 0.29) is 11.8 Å². The predicted octanol–water partition coefficient (Wildman–Crippen LogP) is 2.61. The fourth-order valence-electron chi connectivity index (χ4n) is 2.66. The Balaban J connectivity index is 2.20. The first-order valence-corrected chi connectivity index (χ1v) is 6.57. The number of pyridine rings is 1. The summed E-state index contributed by atoms with van der Waals surface area (Å²) in [7, 11) is 0. The standard InChI is InChI=1S/C16H14N4O/c1-9-4-10(8-20-7-9)15-12-3-2-11(18)5-14(12)21-16(19)13(15)6-17/h2-5,7-8,13,15,19H,18H2,1H3. The normalized spacial score (nSPS) is 20.3. The Morgan fingerprint density at radius 1 is 1.33 bits per heavy atom. The number of fused-ring (bicyclic) bond motifs is 1. The fraction of sp³-hybridized carbons (Fsp3) is 0.188. The molecule has 2 heterocycles. The minimum absolute atomic E-state index is 0.0536. The van der Waals surface area contributed by atoms with Crippen molar-refractivity contribution in [2.75, 3.05) is 5.73 Å². The quantitative estimate of drug-likeness (QED) is 0.784. The van der Waals surface area contributed by atoms with Gasteiger partial charge in [-0.3, -0.25) is 10.4 Å². The van der Waals surface area contributed by atoms with Gasteiger partial charge < -0.3 is 10.5 Å². The van der Waals surface area contributed by atoms with Crippen LogP contribution in [0.25, 0.3) is 0 Å². The van der Waals surface area contributed by atoms with Crippen LogP contribution in [0.1, 0.15) is 22.6 Å². The largest absolute Gasteiger partial charge is 0.442 e. The SMILES string of the molecule is Cc1cncc(C2c3ccc(N)cc3OC(=N)C2C#N)c1. The fourth-order valence-corrected chi connectivity index (χ4v) is 2.66. The molecule has 3 rings (SSSR count). The van der Waals surface area contributed by atoms with Gasteiger partial charge in [-0.2, -0.15) is 5.26 Å². The molecule has 2 unspecified atom stereocenters. The minimum Gasteiger partial charge on any atom is -0.442 e. The average Bonchev–Trinajstić information content (AvgIpc) is 2.45. The molecule has 1 aromatic heterocycles. The van der Waals surface area contributed by atoms with Crippen LogP contribution in [0.2, 0.25) is 0 Å². The molecule has 0 aliphatic carbocycles. The first kappa shape index (κ1) is 13.1. The maximum atomic E-state index is 9.43. The molecule has 21 heavy (non-hydrogen) atoms. The van der Waals surface area contributed by atoms with E-state index in [1.165, 1.54) is 0 Å². The van der Waals surface area contributed by atoms with Crippen LogP contribution in [0.5, 0.6) is 5.75 Å². The van der Waals surface area contributed by atoms with Crippen molar-refractivity contribution in [3.8, 4) is 11.8 Å². The summed E-state index contributed by atoms with van der Waals surface area (Å²) in [6, 6.07) is 9.48. The van der Waals surface area contributed by atoms with Gasteiger partial charge in [-0.1, -0.05) is 12.1 Å². The number of hydrogen-bond acceptors (Lipinski definition) is 5. The first-order valence-electron chi connectivity index (χ1n) is 6.57. The van der Waals surface area contributed by atoms with E-state index < -0.39 is 5.92 Å². The summed E-state index contributed by atoms with van der Waals surface area (Å²) in [4.78, 5) is 4.20. The van der Waals surface area contributed by atoms with Gasteiger partial charge in [-0.05, 0) is 24.1 Å². The van der Waals surface area contributed by atoms with Crippen LogP contribution in [0, 0.1) is 29.6 Å². The Hall–Kier alpha value is -2.87. The van der Waals surface area contributed by atoms with E-state index in [0.717, 1.165) is 16.7 Å². The van der Waals surface area contributed by atoms with Crippen LogP contribution < -0.4 is 10.5 Å². The van der Waals surface area contributed by atoms with E-state index in [1.807, 2.05) is 19.1 Å². The second kappa shape index (κ2) is 4.91. The number of aryl methyl sites for hydroxylation is 1. The van der Waals surface area contributed by atoms with Gasteiger partial charge in [0, 0.05) is 35.6 Å². The lowest BCUT2D eigenvalue weighted by Gasteiger charge is -2.30. The summed E-state index contributed by atoms with van der Waals surface area (Å²) in [5, 5.41) is 17.4. The van der Waals surface area contributed by atoms with Gasteiger partial charge in [0.15, 0.2) is 0 Å². The number of ether oxygens (including phenoxy) is 1. The number of nitriles is 1. The van der Waals surface area contributed by atoms with Gasteiger partial charge in [0.25, 0.3) is 0 Å². The molecule has 1 aliphatic heterocycles. The summed E-state index contributed by atoms with van der Waals surface area (Å²) in [6.45, 7) is 1.95. The number of benzene rings is 1. The molecule has 3 N–H and O–H groups in total. The van der Waals surface area contributed by atoms with Crippen LogP contribution in [-0.2, 0) is 0 Å². The lowest BCUT2D eigenvalue weighted by Crippen LogP contribution is -2.31. The smallest absolute Gasteiger partial charge is 0.205 e. The number of nitrogens with two attached hydrogens (primary N) is 1. The number of aromatic nitrogens is 1. The van der Waals surface area contributed by atoms with Crippen LogP contribution in [-0.4, -0.2) is 10.9 Å². The van der Waals surface area contributed by atoms with Crippen molar-refractivity contribution in [2.45, 2.75) is 12.8 Å². The van der Waals surface area contributed by atoms with Crippen molar-refractivity contribution in [1.82, 2.24) is 4.98 Å². The van der Waals surface area contributed by atoms with Crippen molar-refractivity contribution in [3.63, 3.8) is 0 Å². The lowest BCUT2D eigenvalue weighted by atomic mass is 9.79. The topological polar surface area (TPSA) is 95.8 Å². The van der Waals surface area contributed by atoms with E-state index in [4.69, 9.17) is 15.9 Å². The van der Waals surface area contributed by atoms with E-state index in [2.05, 4.69) is 11.1 Å². The Labute approximate surface area is 122 Å². The highest BCUT2D eigenvalue weighted by molar-refractivity contribution is 5.85. The third-order valence-corrected chi connectivity index (χ3v) is 3.60. The Kier molecular flexibility index (Phi) is 3.07. The average molecular weight is 278 g/mol. The number of nitrogens with one attached hydrogen (secondary N) is 1. The lowest BCUT2D eigenvalue weighted by molar-refractivity contribution is 0.450. The van der Waals surface area contributed by atoms with E-state index in [1.54, 1.807) is 24.5 Å². The zero-order valence-electron chi connectivity index (χ0n) is 11.5. The van der Waals surface area contributed by atoms with Gasteiger partial charge in [0.2, 0.25) is 5.90 Å². The second-order valence-corrected chi connectivity index (χ2v) is 5.14. The molecule has 1 aliphatic rings. The molecule has 0 fully saturated rings. The second-order valence-electron chi connectivity index (χ2n) is 5.14. The molecule has 104 valence electrons. The number of nitrogens with zero attached hydrogens (tertiary/aromatic N) is 2. The summed E-state index contributed by atoms with van der Waals surface area (Å²) in [6.07, 6.45) is 3.50. The highest BCUT2D eigenvalue weighted by Gasteiger charge is 2.37. The van der Waals surface area contributed by atoms with E-state index >= 15 is 0 Å². The molecule has 1 aromatic carbocycles. The van der Waals surface area contributed by atoms with Crippen LogP contribution in [0.3, 0.4) is 0 Å². The zero-order chi connectivity index (χ0) is 15.0. The van der Waals surface area contributed by atoms with Crippen molar-refractivity contribution in [1.29, 1.82) is 10.7 Å². The van der Waals surface area contributed by atoms with E-state index in [0.29, 0.717) is 11.4 Å². The van der Waals surface area contributed by atoms with Crippen LogP contribution >= 0.6 is 0 Å². The maximum absolute atomic E-state index is 9.43. The van der Waals surface area contributed by atoms with Gasteiger partial charge in [0.1, 0.15) is 11.7 Å². The summed E-state index contributed by atoms with van der Waals surface area (Å²) in [5.41, 5.74) is 9.12. The van der Waals surface area contributed by atoms with Crippen molar-refractivity contribution < 1.29 is 4.74 Å². The number of anilines is 1. The summed E-state index contributed by atoms with van der Waals surface area (Å²) < 4.78 is 5.46. The summed E-state index contributed by atoms with van der Waals surface area (Å²) >= 11 is 0. The van der Waals surface area contributed by atoms with Crippen molar-refractivity contribution in [2.24, 2.45) is 5.92 Å². The molecule has 5 heteroatoms. The molecular formula is C16H14N4O. The third kappa shape index (κ3) is 2.21. The Morgan fingerprint density at radius 2 is 2.14 bits per heavy atom. The van der Waals surface area contributed by atoms with Gasteiger partial charge in [-0.25, -0.2) is 0 Å². The number of rotatable bonds is 1. The minimum atomic E-state index is -0.662. The highest BCUT2D eigenvalue weighted by Crippen LogP contribution is 2.42. The number of hydrogen-bond donors (Lipinski definition) is 2. The summed E-state index contributed by atoms with van der Waals surface area (Å²) in [5.74, 6) is -0.441. The third-order valence-electron chi connectivity index (χ3n) is 3.60. The van der Waals surface area contributed by atoms with Crippen LogP contribution in [0.4, 0.5) is 5.69 Å². The molecule has 0 radical (unpaired) electrons. The Bertz CT molecular complexity index is 763. The van der Waals surface area contributed by atoms with Gasteiger partial charge >= 0.3 is 0 Å². The maximum Gasteiger partial charge on any atom is 0.205 e. The van der Waals surface area contributed by atoms with Crippen molar-refractivity contribution in [3.05, 3.63) is 53.3 Å². The molecule has 0 saturated carbocycles. The van der Waals surface area contributed by atoms with Gasteiger partial charge in [-0.15, -0.1) is 0 Å². The zero-order valence-corrected chi connectivity index (χ0v) is 11.5. The van der Waals surface area contributed by atoms with Gasteiger partial charge in [0.05, 0.1) is 6.07 Å². The molecular weight excluding hydrogens is 264 g/mol. The van der Waals surface area contributed by atoms with Crippen molar-refractivity contribution >= 4 is 11.6 Å². The Morgan fingerprint density at radius 3 is 2.86 bits per heavy atom. The monoisotopic (exact) mass is 278 g/mol. The molecule has 0 spiro atoms. The molecule has 2 aromatic rings. The number of nitrogen functional groups attached to an aromatic ring is 1. The molecule has 0 bridgehead atoms. The highest BCUT2D eigenvalue weighted by atomic mass is 16.5. The van der Waals surface area contributed by atoms with Crippen LogP contribution in [0.15, 0.2) is 36.7 Å². The molecule has 5 nitrogen and oxygen atoms in total. The first-order chi connectivity index (χ1) is 10.1. The predicted molar refractivity (Wildman–Crippen MR) is 79.1 cm³/mol. The molecule has 0 saturated heterocycles. The van der Waals surface area contributed by atoms with E-state index in [9.17, 15) is 5.26 Å². The molecule has 0 amide bonds. The molecule has 2 atom stereocenters.